The summed E-state index contributed by atoms with van der Waals surface area (Å²) in [5, 5.41) is 6.48. The van der Waals surface area contributed by atoms with Gasteiger partial charge in [0.15, 0.2) is 0 Å². The van der Waals surface area contributed by atoms with Gasteiger partial charge in [0.05, 0.1) is 5.56 Å². The summed E-state index contributed by atoms with van der Waals surface area (Å²) < 4.78 is 0. The Morgan fingerprint density at radius 3 is 2.74 bits per heavy atom. The van der Waals surface area contributed by atoms with Gasteiger partial charge in [0.1, 0.15) is 5.00 Å². The van der Waals surface area contributed by atoms with Crippen LogP contribution in [0.3, 0.4) is 0 Å². The zero-order valence-electron chi connectivity index (χ0n) is 15.8. The minimum atomic E-state index is -0.459. The van der Waals surface area contributed by atoms with E-state index in [-0.39, 0.29) is 17.9 Å². The third-order valence-electron chi connectivity index (χ3n) is 5.24. The molecule has 4 N–H and O–H groups in total. The molecule has 1 saturated heterocycles. The second kappa shape index (κ2) is 8.84. The quantitative estimate of drug-likeness (QED) is 0.685. The van der Waals surface area contributed by atoms with Gasteiger partial charge in [-0.05, 0) is 50.6 Å². The lowest BCUT2D eigenvalue weighted by atomic mass is 9.95. The summed E-state index contributed by atoms with van der Waals surface area (Å²) in [4.78, 5) is 39.0. The van der Waals surface area contributed by atoms with Crippen molar-refractivity contribution in [3.8, 4) is 0 Å². The first-order valence-corrected chi connectivity index (χ1v) is 10.5. The van der Waals surface area contributed by atoms with Crippen LogP contribution < -0.4 is 16.4 Å². The average Bonchev–Trinajstić information content (AvgIpc) is 2.97. The number of fused-ring (bicyclic) bond motifs is 1. The van der Waals surface area contributed by atoms with Crippen LogP contribution >= 0.6 is 11.3 Å². The van der Waals surface area contributed by atoms with Crippen LogP contribution in [0.1, 0.15) is 59.8 Å². The number of hydrogen-bond donors (Lipinski definition) is 3. The molecule has 1 aliphatic carbocycles. The average molecular weight is 393 g/mol. The van der Waals surface area contributed by atoms with Crippen LogP contribution in [0.4, 0.5) is 5.00 Å². The summed E-state index contributed by atoms with van der Waals surface area (Å²) >= 11 is 1.49. The largest absolute Gasteiger partial charge is 0.365 e. The van der Waals surface area contributed by atoms with E-state index in [2.05, 4.69) is 15.5 Å². The number of nitrogens with zero attached hydrogens (tertiary/aromatic N) is 1. The second-order valence-electron chi connectivity index (χ2n) is 7.42. The maximum atomic E-state index is 12.4. The summed E-state index contributed by atoms with van der Waals surface area (Å²) in [5.74, 6) is -0.572. The van der Waals surface area contributed by atoms with Crippen LogP contribution in [0, 0.1) is 0 Å². The lowest BCUT2D eigenvalue weighted by molar-refractivity contribution is -0.120. The number of nitrogens with one attached hydrogen (secondary N) is 2. The maximum absolute atomic E-state index is 12.4. The van der Waals surface area contributed by atoms with Gasteiger partial charge in [-0.3, -0.25) is 14.4 Å². The number of nitrogens with two attached hydrogens (primary N) is 1. The summed E-state index contributed by atoms with van der Waals surface area (Å²) in [6.07, 6.45) is 6.33. The first-order valence-electron chi connectivity index (χ1n) is 9.67. The molecule has 2 heterocycles. The molecular weight excluding hydrogens is 364 g/mol. The fourth-order valence-corrected chi connectivity index (χ4v) is 5.34. The highest BCUT2D eigenvalue weighted by molar-refractivity contribution is 7.17. The molecule has 148 valence electrons. The van der Waals surface area contributed by atoms with Gasteiger partial charge in [0.25, 0.3) is 5.91 Å². The van der Waals surface area contributed by atoms with E-state index in [1.165, 1.54) is 23.1 Å². The maximum Gasteiger partial charge on any atom is 0.251 e. The first-order chi connectivity index (χ1) is 12.9. The van der Waals surface area contributed by atoms with Crippen LogP contribution in [-0.4, -0.2) is 48.3 Å². The summed E-state index contributed by atoms with van der Waals surface area (Å²) in [6.45, 7) is 3.87. The van der Waals surface area contributed by atoms with Gasteiger partial charge in [-0.1, -0.05) is 0 Å². The van der Waals surface area contributed by atoms with Crippen molar-refractivity contribution in [1.82, 2.24) is 10.2 Å². The van der Waals surface area contributed by atoms with E-state index in [1.807, 2.05) is 0 Å². The minimum Gasteiger partial charge on any atom is -0.365 e. The molecule has 0 bridgehead atoms. The monoisotopic (exact) mass is 392 g/mol. The summed E-state index contributed by atoms with van der Waals surface area (Å²) in [6, 6.07) is 0.157. The number of aryl methyl sites for hydroxylation is 1. The van der Waals surface area contributed by atoms with Crippen molar-refractivity contribution in [1.29, 1.82) is 0 Å². The van der Waals surface area contributed by atoms with Crippen molar-refractivity contribution < 1.29 is 14.4 Å². The van der Waals surface area contributed by atoms with E-state index in [4.69, 9.17) is 5.73 Å². The van der Waals surface area contributed by atoms with Crippen LogP contribution in [0.5, 0.6) is 0 Å². The van der Waals surface area contributed by atoms with Gasteiger partial charge >= 0.3 is 0 Å². The Labute approximate surface area is 163 Å². The zero-order valence-corrected chi connectivity index (χ0v) is 16.6. The molecule has 0 spiro atoms. The standard InChI is InChI=1S/C19H28N4O3S/c1-12(24)21-13-5-4-9-23(11-13)10-8-16(25)22-19-17(18(20)26)14-6-2-3-7-15(14)27-19/h13H,2-11H2,1H3,(H2,20,26)(H,21,24)(H,22,25). The second-order valence-corrected chi connectivity index (χ2v) is 8.52. The molecule has 7 nitrogen and oxygen atoms in total. The molecule has 3 amide bonds. The molecule has 3 rings (SSSR count). The molecule has 1 aromatic rings. The molecule has 1 aromatic heterocycles. The van der Waals surface area contributed by atoms with Gasteiger partial charge in [-0.2, -0.15) is 0 Å². The van der Waals surface area contributed by atoms with E-state index >= 15 is 0 Å². The molecule has 0 radical (unpaired) electrons. The lowest BCUT2D eigenvalue weighted by Crippen LogP contribution is -2.47. The molecular formula is C19H28N4O3S. The van der Waals surface area contributed by atoms with Crippen molar-refractivity contribution in [2.45, 2.75) is 57.9 Å². The molecule has 2 aliphatic rings. The number of thiophene rings is 1. The van der Waals surface area contributed by atoms with Crippen molar-refractivity contribution in [3.63, 3.8) is 0 Å². The highest BCUT2D eigenvalue weighted by Crippen LogP contribution is 2.37. The van der Waals surface area contributed by atoms with Crippen molar-refractivity contribution >= 4 is 34.1 Å². The predicted octanol–water partition coefficient (Wildman–Crippen LogP) is 1.65. The Hall–Kier alpha value is -1.93. The van der Waals surface area contributed by atoms with Crippen molar-refractivity contribution in [2.24, 2.45) is 5.73 Å². The number of hydrogen-bond acceptors (Lipinski definition) is 5. The van der Waals surface area contributed by atoms with Gasteiger partial charge in [0.2, 0.25) is 11.8 Å². The zero-order chi connectivity index (χ0) is 19.4. The van der Waals surface area contributed by atoms with Gasteiger partial charge in [-0.25, -0.2) is 0 Å². The van der Waals surface area contributed by atoms with Gasteiger partial charge < -0.3 is 21.3 Å². The molecule has 1 unspecified atom stereocenters. The van der Waals surface area contributed by atoms with Gasteiger partial charge in [0, 0.05) is 37.4 Å². The van der Waals surface area contributed by atoms with E-state index in [0.717, 1.165) is 57.2 Å². The van der Waals surface area contributed by atoms with E-state index in [9.17, 15) is 14.4 Å². The fraction of sp³-hybridized carbons (Fsp3) is 0.632. The smallest absolute Gasteiger partial charge is 0.251 e. The minimum absolute atomic E-state index is 0.0137. The van der Waals surface area contributed by atoms with Crippen LogP contribution in [-0.2, 0) is 22.4 Å². The third-order valence-corrected chi connectivity index (χ3v) is 6.45. The highest BCUT2D eigenvalue weighted by Gasteiger charge is 2.25. The number of amides is 3. The number of piperidine rings is 1. The molecule has 0 saturated carbocycles. The SMILES string of the molecule is CC(=O)NC1CCCN(CCC(=O)Nc2sc3c(c2C(N)=O)CCCC3)C1. The van der Waals surface area contributed by atoms with E-state index < -0.39 is 5.91 Å². The summed E-state index contributed by atoms with van der Waals surface area (Å²) in [5.41, 5.74) is 7.12. The number of rotatable bonds is 6. The van der Waals surface area contributed by atoms with E-state index in [0.29, 0.717) is 23.5 Å². The Morgan fingerprint density at radius 1 is 1.22 bits per heavy atom. The third kappa shape index (κ3) is 5.07. The van der Waals surface area contributed by atoms with Crippen LogP contribution in [0.25, 0.3) is 0 Å². The number of anilines is 1. The van der Waals surface area contributed by atoms with Crippen LogP contribution in [0.15, 0.2) is 0 Å². The molecule has 27 heavy (non-hydrogen) atoms. The molecule has 1 fully saturated rings. The lowest BCUT2D eigenvalue weighted by Gasteiger charge is -2.32. The van der Waals surface area contributed by atoms with Gasteiger partial charge in [-0.15, -0.1) is 11.3 Å². The molecule has 0 aromatic carbocycles. The molecule has 1 aliphatic heterocycles. The highest BCUT2D eigenvalue weighted by atomic mass is 32.1. The number of primary amides is 1. The van der Waals surface area contributed by atoms with Crippen molar-refractivity contribution in [2.75, 3.05) is 25.0 Å². The predicted molar refractivity (Wildman–Crippen MR) is 106 cm³/mol. The Morgan fingerprint density at radius 2 is 2.00 bits per heavy atom. The Bertz CT molecular complexity index is 731. The number of carbonyl (C=O) groups excluding carboxylic acids is 3. The number of likely N-dealkylation sites (tertiary alicyclic amines) is 1. The van der Waals surface area contributed by atoms with Crippen LogP contribution in [0.2, 0.25) is 0 Å². The van der Waals surface area contributed by atoms with Crippen molar-refractivity contribution in [3.05, 3.63) is 16.0 Å². The normalized spacial score (nSPS) is 20.0. The Kier molecular flexibility index (Phi) is 6.49. The topological polar surface area (TPSA) is 105 Å². The number of carbonyl (C=O) groups is 3. The Balaban J connectivity index is 1.56. The molecule has 8 heteroatoms. The molecule has 1 atom stereocenters. The summed E-state index contributed by atoms with van der Waals surface area (Å²) in [7, 11) is 0. The fourth-order valence-electron chi connectivity index (χ4n) is 4.03. The van der Waals surface area contributed by atoms with E-state index in [1.54, 1.807) is 0 Å². The first kappa shape index (κ1) is 19.8.